The third kappa shape index (κ3) is 12.2. The highest BCUT2D eigenvalue weighted by molar-refractivity contribution is 14.0. The topological polar surface area (TPSA) is 42.9 Å². The molecule has 6 heteroatoms. The molecule has 5 nitrogen and oxygen atoms in total. The molecular formula is C21H46IN5. The highest BCUT2D eigenvalue weighted by Crippen LogP contribution is 2.21. The third-order valence-corrected chi connectivity index (χ3v) is 5.79. The van der Waals surface area contributed by atoms with E-state index in [9.17, 15) is 0 Å². The summed E-state index contributed by atoms with van der Waals surface area (Å²) < 4.78 is 0. The van der Waals surface area contributed by atoms with Gasteiger partial charge in [-0.15, -0.1) is 24.0 Å². The number of nitrogens with one attached hydrogen (secondary N) is 2. The van der Waals surface area contributed by atoms with Gasteiger partial charge in [0, 0.05) is 25.7 Å². The van der Waals surface area contributed by atoms with Crippen molar-refractivity contribution in [3.63, 3.8) is 0 Å². The van der Waals surface area contributed by atoms with Crippen molar-refractivity contribution < 1.29 is 0 Å². The Hall–Kier alpha value is -0.0800. The zero-order valence-corrected chi connectivity index (χ0v) is 20.9. The Bertz CT molecular complexity index is 368. The molecular weight excluding hydrogens is 449 g/mol. The fourth-order valence-electron chi connectivity index (χ4n) is 3.90. The molecule has 1 fully saturated rings. The Kier molecular flexibility index (Phi) is 16.8. The van der Waals surface area contributed by atoms with Gasteiger partial charge in [0.05, 0.1) is 0 Å². The summed E-state index contributed by atoms with van der Waals surface area (Å²) in [4.78, 5) is 9.43. The molecule has 0 aromatic carbocycles. The molecule has 1 aliphatic rings. The lowest BCUT2D eigenvalue weighted by Crippen LogP contribution is -2.43. The van der Waals surface area contributed by atoms with Crippen LogP contribution in [0.25, 0.3) is 0 Å². The van der Waals surface area contributed by atoms with Crippen molar-refractivity contribution in [3.05, 3.63) is 0 Å². The third-order valence-electron chi connectivity index (χ3n) is 5.79. The summed E-state index contributed by atoms with van der Waals surface area (Å²) in [5.74, 6) is 0.945. The van der Waals surface area contributed by atoms with Gasteiger partial charge >= 0.3 is 0 Å². The summed E-state index contributed by atoms with van der Waals surface area (Å²) in [6, 6.07) is 1.27. The lowest BCUT2D eigenvalue weighted by atomic mass is 9.94. The van der Waals surface area contributed by atoms with E-state index in [1.165, 1.54) is 64.5 Å². The van der Waals surface area contributed by atoms with Crippen LogP contribution in [-0.4, -0.2) is 74.7 Å². The van der Waals surface area contributed by atoms with Gasteiger partial charge in [0.25, 0.3) is 0 Å². The van der Waals surface area contributed by atoms with Gasteiger partial charge in [-0.1, -0.05) is 33.1 Å². The average molecular weight is 496 g/mol. The molecule has 0 spiro atoms. The van der Waals surface area contributed by atoms with Gasteiger partial charge in [-0.3, -0.25) is 4.99 Å². The highest BCUT2D eigenvalue weighted by Gasteiger charge is 2.17. The van der Waals surface area contributed by atoms with Crippen LogP contribution in [0.4, 0.5) is 0 Å². The standard InChI is InChI=1S/C21H45N5.HI/c1-6-26(7-2)18-11-13-19(3)24-21(22-4)23-16-12-17-25(5)20-14-9-8-10-15-20;/h19-20H,6-18H2,1-5H3,(H2,22,23,24);1H. The zero-order chi connectivity index (χ0) is 19.2. The van der Waals surface area contributed by atoms with Gasteiger partial charge in [-0.25, -0.2) is 0 Å². The van der Waals surface area contributed by atoms with Crippen LogP contribution in [-0.2, 0) is 0 Å². The maximum absolute atomic E-state index is 4.38. The molecule has 1 unspecified atom stereocenters. The van der Waals surface area contributed by atoms with Crippen molar-refractivity contribution in [2.75, 3.05) is 46.8 Å². The lowest BCUT2D eigenvalue weighted by Gasteiger charge is -2.31. The molecule has 0 radical (unpaired) electrons. The Morgan fingerprint density at radius 2 is 1.74 bits per heavy atom. The fourth-order valence-corrected chi connectivity index (χ4v) is 3.90. The van der Waals surface area contributed by atoms with Gasteiger partial charge in [0.15, 0.2) is 5.96 Å². The van der Waals surface area contributed by atoms with Gasteiger partial charge in [-0.2, -0.15) is 0 Å². The molecule has 27 heavy (non-hydrogen) atoms. The Labute approximate surface area is 186 Å². The second kappa shape index (κ2) is 16.8. The van der Waals surface area contributed by atoms with Crippen LogP contribution in [0.1, 0.15) is 72.1 Å². The first-order valence-corrected chi connectivity index (χ1v) is 11.0. The normalized spacial score (nSPS) is 17.1. The number of hydrogen-bond acceptors (Lipinski definition) is 3. The Balaban J connectivity index is 0.00000676. The van der Waals surface area contributed by atoms with Crippen molar-refractivity contribution in [1.82, 2.24) is 20.4 Å². The summed E-state index contributed by atoms with van der Waals surface area (Å²) in [5, 5.41) is 7.02. The minimum absolute atomic E-state index is 0. The monoisotopic (exact) mass is 495 g/mol. The van der Waals surface area contributed by atoms with E-state index < -0.39 is 0 Å². The van der Waals surface area contributed by atoms with Gasteiger partial charge in [0.1, 0.15) is 0 Å². The van der Waals surface area contributed by atoms with Crippen LogP contribution >= 0.6 is 24.0 Å². The number of rotatable bonds is 12. The molecule has 0 saturated heterocycles. The number of halogens is 1. The molecule has 0 aromatic heterocycles. The fraction of sp³-hybridized carbons (Fsp3) is 0.952. The van der Waals surface area contributed by atoms with Crippen LogP contribution in [0.15, 0.2) is 4.99 Å². The van der Waals surface area contributed by atoms with E-state index in [4.69, 9.17) is 0 Å². The van der Waals surface area contributed by atoms with Gasteiger partial charge in [0.2, 0.25) is 0 Å². The van der Waals surface area contributed by atoms with E-state index in [-0.39, 0.29) is 24.0 Å². The number of hydrogen-bond donors (Lipinski definition) is 2. The molecule has 0 bridgehead atoms. The van der Waals surface area contributed by atoms with Crippen LogP contribution in [0.5, 0.6) is 0 Å². The molecule has 1 rings (SSSR count). The number of guanidine groups is 1. The van der Waals surface area contributed by atoms with E-state index in [0.717, 1.165) is 31.6 Å². The first-order chi connectivity index (χ1) is 12.6. The number of aliphatic imine (C=N–C) groups is 1. The molecule has 0 aromatic rings. The molecule has 2 N–H and O–H groups in total. The minimum atomic E-state index is 0. The molecule has 1 aliphatic carbocycles. The van der Waals surface area contributed by atoms with Crippen molar-refractivity contribution in [2.24, 2.45) is 4.99 Å². The summed E-state index contributed by atoms with van der Waals surface area (Å²) in [7, 11) is 4.16. The predicted octanol–water partition coefficient (Wildman–Crippen LogP) is 3.93. The van der Waals surface area contributed by atoms with Gasteiger partial charge < -0.3 is 20.4 Å². The molecule has 0 heterocycles. The van der Waals surface area contributed by atoms with E-state index in [1.807, 2.05) is 7.05 Å². The quantitative estimate of drug-likeness (QED) is 0.186. The molecule has 0 amide bonds. The second-order valence-electron chi connectivity index (χ2n) is 7.84. The van der Waals surface area contributed by atoms with Gasteiger partial charge in [-0.05, 0) is 72.3 Å². The first-order valence-electron chi connectivity index (χ1n) is 11.0. The maximum atomic E-state index is 4.38. The van der Waals surface area contributed by atoms with E-state index in [1.54, 1.807) is 0 Å². The lowest BCUT2D eigenvalue weighted by molar-refractivity contribution is 0.190. The van der Waals surface area contributed by atoms with Crippen molar-refractivity contribution in [1.29, 1.82) is 0 Å². The van der Waals surface area contributed by atoms with Crippen molar-refractivity contribution in [3.8, 4) is 0 Å². The molecule has 162 valence electrons. The van der Waals surface area contributed by atoms with Crippen LogP contribution < -0.4 is 10.6 Å². The zero-order valence-electron chi connectivity index (χ0n) is 18.6. The van der Waals surface area contributed by atoms with Crippen LogP contribution in [0.3, 0.4) is 0 Å². The summed E-state index contributed by atoms with van der Waals surface area (Å²) >= 11 is 0. The molecule has 1 saturated carbocycles. The molecule has 0 aliphatic heterocycles. The second-order valence-corrected chi connectivity index (χ2v) is 7.84. The summed E-state index contributed by atoms with van der Waals surface area (Å²) in [5.41, 5.74) is 0. The SMILES string of the molecule is CCN(CC)CCCC(C)NC(=NC)NCCCN(C)C1CCCCC1.I. The number of nitrogens with zero attached hydrogens (tertiary/aromatic N) is 3. The largest absolute Gasteiger partial charge is 0.356 e. The minimum Gasteiger partial charge on any atom is -0.356 e. The van der Waals surface area contributed by atoms with E-state index in [2.05, 4.69) is 53.2 Å². The van der Waals surface area contributed by atoms with Crippen LogP contribution in [0, 0.1) is 0 Å². The summed E-state index contributed by atoms with van der Waals surface area (Å²) in [6.45, 7) is 12.4. The predicted molar refractivity (Wildman–Crippen MR) is 131 cm³/mol. The molecule has 1 atom stereocenters. The van der Waals surface area contributed by atoms with Crippen molar-refractivity contribution >= 4 is 29.9 Å². The Morgan fingerprint density at radius 3 is 2.33 bits per heavy atom. The summed E-state index contributed by atoms with van der Waals surface area (Å²) in [6.07, 6.45) is 10.6. The van der Waals surface area contributed by atoms with E-state index in [0.29, 0.717) is 6.04 Å². The maximum Gasteiger partial charge on any atom is 0.191 e. The Morgan fingerprint density at radius 1 is 1.07 bits per heavy atom. The van der Waals surface area contributed by atoms with Crippen LogP contribution in [0.2, 0.25) is 0 Å². The van der Waals surface area contributed by atoms with Crippen molar-refractivity contribution in [2.45, 2.75) is 84.2 Å². The first kappa shape index (κ1) is 26.9. The smallest absolute Gasteiger partial charge is 0.191 e. The average Bonchev–Trinajstić information content (AvgIpc) is 2.68. The van der Waals surface area contributed by atoms with E-state index >= 15 is 0 Å². The highest BCUT2D eigenvalue weighted by atomic mass is 127.